The van der Waals surface area contributed by atoms with Gasteiger partial charge in [-0.25, -0.2) is 4.79 Å². The second-order valence-electron chi connectivity index (χ2n) is 7.73. The van der Waals surface area contributed by atoms with Gasteiger partial charge in [0.25, 0.3) is 0 Å². The molecular formula is C27H19NO5S. The molecule has 7 heteroatoms. The molecule has 5 rings (SSSR count). The Balaban J connectivity index is 1.68. The van der Waals surface area contributed by atoms with Gasteiger partial charge >= 0.3 is 5.97 Å². The number of aromatic nitrogens is 1. The Morgan fingerprint density at radius 3 is 2.59 bits per heavy atom. The zero-order valence-corrected chi connectivity index (χ0v) is 19.2. The van der Waals surface area contributed by atoms with Crippen molar-refractivity contribution in [1.82, 2.24) is 4.98 Å². The summed E-state index contributed by atoms with van der Waals surface area (Å²) in [5.74, 6) is 0.374. The summed E-state index contributed by atoms with van der Waals surface area (Å²) in [6.45, 7) is 1.90. The quantitative estimate of drug-likeness (QED) is 0.286. The first-order valence-corrected chi connectivity index (χ1v) is 11.3. The van der Waals surface area contributed by atoms with E-state index in [9.17, 15) is 14.7 Å². The molecule has 0 atom stereocenters. The average Bonchev–Trinajstić information content (AvgIpc) is 3.21. The number of hydrogen-bond donors (Lipinski definition) is 1. The average molecular weight is 470 g/mol. The molecule has 1 N–H and O–H groups in total. The highest BCUT2D eigenvalue weighted by molar-refractivity contribution is 7.21. The number of carboxylic acid groups (broad SMARTS) is 1. The van der Waals surface area contributed by atoms with Gasteiger partial charge in [0, 0.05) is 27.2 Å². The normalized spacial score (nSPS) is 11.0. The predicted octanol–water partition coefficient (Wildman–Crippen LogP) is 6.49. The Labute approximate surface area is 199 Å². The zero-order chi connectivity index (χ0) is 23.8. The molecule has 6 nitrogen and oxygen atoms in total. The van der Waals surface area contributed by atoms with E-state index in [1.165, 1.54) is 17.5 Å². The van der Waals surface area contributed by atoms with E-state index in [4.69, 9.17) is 9.47 Å². The maximum Gasteiger partial charge on any atom is 0.337 e. The fraction of sp³-hybridized carbons (Fsp3) is 0.0741. The molecule has 0 saturated heterocycles. The van der Waals surface area contributed by atoms with Crippen molar-refractivity contribution >= 4 is 44.1 Å². The highest BCUT2D eigenvalue weighted by Gasteiger charge is 2.24. The number of carbonyl (C=O) groups is 2. The summed E-state index contributed by atoms with van der Waals surface area (Å²) in [6, 6.07) is 19.9. The van der Waals surface area contributed by atoms with Crippen LogP contribution in [0.5, 0.6) is 17.2 Å². The number of fused-ring (bicyclic) bond motifs is 2. The van der Waals surface area contributed by atoms with Crippen molar-refractivity contribution < 1.29 is 24.2 Å². The molecule has 0 fully saturated rings. The Bertz CT molecular complexity index is 1590. The summed E-state index contributed by atoms with van der Waals surface area (Å²) in [7, 11) is 1.60. The predicted molar refractivity (Wildman–Crippen MR) is 132 cm³/mol. The highest BCUT2D eigenvalue weighted by atomic mass is 32.1. The van der Waals surface area contributed by atoms with Crippen LogP contribution in [0.1, 0.15) is 31.2 Å². The number of ether oxygens (including phenoxy) is 2. The molecule has 0 unspecified atom stereocenters. The van der Waals surface area contributed by atoms with Crippen LogP contribution in [-0.2, 0) is 0 Å². The number of benzene rings is 3. The number of methoxy groups -OCH3 is 1. The first-order chi connectivity index (χ1) is 16.5. The fourth-order valence-electron chi connectivity index (χ4n) is 3.82. The van der Waals surface area contributed by atoms with Crippen LogP contribution >= 0.6 is 11.3 Å². The second-order valence-corrected chi connectivity index (χ2v) is 8.78. The van der Waals surface area contributed by atoms with Gasteiger partial charge in [0.15, 0.2) is 11.5 Å². The Kier molecular flexibility index (Phi) is 5.47. The van der Waals surface area contributed by atoms with Crippen LogP contribution in [0.15, 0.2) is 72.9 Å². The Morgan fingerprint density at radius 2 is 1.82 bits per heavy atom. The molecule has 5 aromatic rings. The number of ketones is 1. The molecule has 0 aliphatic heterocycles. The maximum atomic E-state index is 13.6. The minimum atomic E-state index is -1.05. The third-order valence-electron chi connectivity index (χ3n) is 5.58. The van der Waals surface area contributed by atoms with Crippen LogP contribution in [-0.4, -0.2) is 29.0 Å². The second kappa shape index (κ2) is 8.61. The molecule has 0 bridgehead atoms. The standard InChI is InChI=1S/C27H19NO5S/c1-15-6-3-4-8-19(15)24(29)26-25(20-11-10-18(32-2)13-22(20)34-26)33-21-9-5-7-16-12-17(27(30)31)14-28-23(16)21/h3-14H,1-2H3,(H,30,31). The SMILES string of the molecule is COc1ccc2c(Oc3cccc4cc(C(=O)O)cnc34)c(C(=O)c3ccccc3C)sc2c1. The monoisotopic (exact) mass is 469 g/mol. The van der Waals surface area contributed by atoms with E-state index >= 15 is 0 Å². The summed E-state index contributed by atoms with van der Waals surface area (Å²) in [4.78, 5) is 29.8. The largest absolute Gasteiger partial charge is 0.497 e. The van der Waals surface area contributed by atoms with Crippen molar-refractivity contribution in [2.24, 2.45) is 0 Å². The molecule has 0 aliphatic rings. The smallest absolute Gasteiger partial charge is 0.337 e. The van der Waals surface area contributed by atoms with Crippen LogP contribution in [0, 0.1) is 6.92 Å². The van der Waals surface area contributed by atoms with E-state index in [0.717, 1.165) is 15.6 Å². The third kappa shape index (κ3) is 3.76. The lowest BCUT2D eigenvalue weighted by molar-refractivity contribution is 0.0696. The molecule has 0 spiro atoms. The minimum absolute atomic E-state index is 0.0909. The summed E-state index contributed by atoms with van der Waals surface area (Å²) in [5.41, 5.74) is 2.08. The number of thiophene rings is 1. The van der Waals surface area contributed by atoms with Crippen LogP contribution in [0.4, 0.5) is 0 Å². The van der Waals surface area contributed by atoms with Crippen molar-refractivity contribution in [3.05, 3.63) is 94.5 Å². The van der Waals surface area contributed by atoms with Gasteiger partial charge in [-0.1, -0.05) is 36.4 Å². The number of aromatic carboxylic acids is 1. The van der Waals surface area contributed by atoms with Gasteiger partial charge in [0.2, 0.25) is 5.78 Å². The highest BCUT2D eigenvalue weighted by Crippen LogP contribution is 2.44. The lowest BCUT2D eigenvalue weighted by Gasteiger charge is -2.11. The molecule has 2 heterocycles. The van der Waals surface area contributed by atoms with Crippen molar-refractivity contribution in [2.45, 2.75) is 6.92 Å². The zero-order valence-electron chi connectivity index (χ0n) is 18.4. The maximum absolute atomic E-state index is 13.6. The van der Waals surface area contributed by atoms with Gasteiger partial charge in [-0.2, -0.15) is 0 Å². The number of pyridine rings is 1. The number of aryl methyl sites for hydroxylation is 1. The molecular weight excluding hydrogens is 450 g/mol. The van der Waals surface area contributed by atoms with E-state index in [2.05, 4.69) is 4.98 Å². The molecule has 34 heavy (non-hydrogen) atoms. The number of para-hydroxylation sites is 1. The molecule has 0 amide bonds. The molecule has 168 valence electrons. The van der Waals surface area contributed by atoms with E-state index in [-0.39, 0.29) is 11.3 Å². The van der Waals surface area contributed by atoms with E-state index in [1.807, 2.05) is 43.3 Å². The van der Waals surface area contributed by atoms with Crippen LogP contribution < -0.4 is 9.47 Å². The Hall–Kier alpha value is -4.23. The van der Waals surface area contributed by atoms with Crippen molar-refractivity contribution in [2.75, 3.05) is 7.11 Å². The van der Waals surface area contributed by atoms with Gasteiger partial charge in [-0.3, -0.25) is 9.78 Å². The molecule has 3 aromatic carbocycles. The van der Waals surface area contributed by atoms with Gasteiger partial charge in [0.05, 0.1) is 12.7 Å². The van der Waals surface area contributed by atoms with Crippen LogP contribution in [0.3, 0.4) is 0 Å². The van der Waals surface area contributed by atoms with Crippen LogP contribution in [0.2, 0.25) is 0 Å². The van der Waals surface area contributed by atoms with Crippen molar-refractivity contribution in [3.63, 3.8) is 0 Å². The fourth-order valence-corrected chi connectivity index (χ4v) is 4.94. The lowest BCUT2D eigenvalue weighted by Crippen LogP contribution is -2.03. The van der Waals surface area contributed by atoms with Crippen LogP contribution in [0.25, 0.3) is 21.0 Å². The van der Waals surface area contributed by atoms with Crippen molar-refractivity contribution in [1.29, 1.82) is 0 Å². The first kappa shape index (κ1) is 21.6. The van der Waals surface area contributed by atoms with Gasteiger partial charge in [0.1, 0.15) is 16.1 Å². The summed E-state index contributed by atoms with van der Waals surface area (Å²) >= 11 is 1.34. The molecule has 0 radical (unpaired) electrons. The van der Waals surface area contributed by atoms with E-state index in [0.29, 0.717) is 38.6 Å². The topological polar surface area (TPSA) is 85.7 Å². The summed E-state index contributed by atoms with van der Waals surface area (Å²) in [5, 5.41) is 10.7. The van der Waals surface area contributed by atoms with E-state index < -0.39 is 5.97 Å². The number of rotatable bonds is 6. The molecule has 0 aliphatic carbocycles. The Morgan fingerprint density at radius 1 is 1.00 bits per heavy atom. The first-order valence-electron chi connectivity index (χ1n) is 10.5. The third-order valence-corrected chi connectivity index (χ3v) is 6.71. The van der Waals surface area contributed by atoms with Gasteiger partial charge in [-0.05, 0) is 42.8 Å². The number of carbonyl (C=O) groups excluding carboxylic acids is 1. The molecule has 2 aromatic heterocycles. The lowest BCUT2D eigenvalue weighted by atomic mass is 10.0. The minimum Gasteiger partial charge on any atom is -0.497 e. The number of nitrogens with zero attached hydrogens (tertiary/aromatic N) is 1. The van der Waals surface area contributed by atoms with Crippen molar-refractivity contribution in [3.8, 4) is 17.2 Å². The van der Waals surface area contributed by atoms with Gasteiger partial charge < -0.3 is 14.6 Å². The van der Waals surface area contributed by atoms with E-state index in [1.54, 1.807) is 37.4 Å². The number of hydrogen-bond acceptors (Lipinski definition) is 6. The van der Waals surface area contributed by atoms with Gasteiger partial charge in [-0.15, -0.1) is 11.3 Å². The molecule has 0 saturated carbocycles. The summed E-state index contributed by atoms with van der Waals surface area (Å²) < 4.78 is 12.6. The number of carboxylic acids is 1. The summed E-state index contributed by atoms with van der Waals surface area (Å²) in [6.07, 6.45) is 1.30.